The second kappa shape index (κ2) is 7.14. The molecule has 1 N–H and O–H groups in total. The fourth-order valence-electron chi connectivity index (χ4n) is 1.48. The van der Waals surface area contributed by atoms with Gasteiger partial charge in [0.15, 0.2) is 23.3 Å². The van der Waals surface area contributed by atoms with Gasteiger partial charge < -0.3 is 5.32 Å². The van der Waals surface area contributed by atoms with Crippen LogP contribution in [-0.4, -0.2) is 16.6 Å². The van der Waals surface area contributed by atoms with Crippen LogP contribution in [0.15, 0.2) is 23.2 Å². The van der Waals surface area contributed by atoms with Crippen LogP contribution in [0.2, 0.25) is 5.02 Å². The molecule has 122 valence electrons. The van der Waals surface area contributed by atoms with Gasteiger partial charge in [-0.3, -0.25) is 4.79 Å². The maximum absolute atomic E-state index is 13.4. The third-order valence-corrected chi connectivity index (χ3v) is 3.79. The van der Waals surface area contributed by atoms with Crippen LogP contribution in [-0.2, 0) is 4.79 Å². The molecule has 2 aromatic rings. The van der Waals surface area contributed by atoms with Crippen LogP contribution >= 0.6 is 23.4 Å². The van der Waals surface area contributed by atoms with Crippen molar-refractivity contribution >= 4 is 35.1 Å². The molecule has 3 nitrogen and oxygen atoms in total. The van der Waals surface area contributed by atoms with Crippen molar-refractivity contribution in [3.8, 4) is 0 Å². The lowest BCUT2D eigenvalue weighted by atomic mass is 10.3. The summed E-state index contributed by atoms with van der Waals surface area (Å²) in [6.45, 7) is 0. The molecule has 0 spiro atoms. The molecule has 0 fully saturated rings. The number of nitrogens with zero attached hydrogens (tertiary/aromatic N) is 1. The zero-order valence-corrected chi connectivity index (χ0v) is 12.5. The molecular formula is C13H6ClF5N2OS. The smallest absolute Gasteiger partial charge is 0.235 e. The van der Waals surface area contributed by atoms with Gasteiger partial charge in [0.1, 0.15) is 5.82 Å². The standard InChI is InChI=1S/C13H6ClF5N2OS/c14-5-1-2-6(20-3-5)21-7(22)4-23-13-11(18)9(16)8(15)10(17)12(13)19/h1-3H,4H2,(H,20,21,22). The normalized spacial score (nSPS) is 10.7. The second-order valence-electron chi connectivity index (χ2n) is 4.10. The maximum atomic E-state index is 13.4. The maximum Gasteiger partial charge on any atom is 0.235 e. The van der Waals surface area contributed by atoms with Gasteiger partial charge in [-0.1, -0.05) is 11.6 Å². The van der Waals surface area contributed by atoms with E-state index in [-0.39, 0.29) is 17.6 Å². The molecule has 23 heavy (non-hydrogen) atoms. The van der Waals surface area contributed by atoms with Crippen molar-refractivity contribution in [3.05, 3.63) is 52.4 Å². The summed E-state index contributed by atoms with van der Waals surface area (Å²) < 4.78 is 65.8. The number of hydrogen-bond acceptors (Lipinski definition) is 3. The fourth-order valence-corrected chi connectivity index (χ4v) is 2.37. The third kappa shape index (κ3) is 3.91. The van der Waals surface area contributed by atoms with E-state index in [1.807, 2.05) is 0 Å². The van der Waals surface area contributed by atoms with E-state index >= 15 is 0 Å². The van der Waals surface area contributed by atoms with Crippen molar-refractivity contribution in [3.63, 3.8) is 0 Å². The van der Waals surface area contributed by atoms with Gasteiger partial charge in [0.05, 0.1) is 15.7 Å². The van der Waals surface area contributed by atoms with Crippen LogP contribution in [0.1, 0.15) is 0 Å². The summed E-state index contributed by atoms with van der Waals surface area (Å²) >= 11 is 5.78. The Bertz CT molecular complexity index is 728. The Balaban J connectivity index is 2.09. The highest BCUT2D eigenvalue weighted by Gasteiger charge is 2.26. The Kier molecular flexibility index (Phi) is 5.42. The monoisotopic (exact) mass is 368 g/mol. The molecule has 0 saturated heterocycles. The summed E-state index contributed by atoms with van der Waals surface area (Å²) in [5.74, 6) is -11.5. The predicted molar refractivity (Wildman–Crippen MR) is 74.8 cm³/mol. The number of thioether (sulfide) groups is 1. The molecule has 1 aromatic carbocycles. The van der Waals surface area contributed by atoms with Crippen LogP contribution in [0.3, 0.4) is 0 Å². The molecule has 2 rings (SSSR count). The number of aromatic nitrogens is 1. The molecule has 0 bridgehead atoms. The number of benzene rings is 1. The molecule has 0 radical (unpaired) electrons. The Hall–Kier alpha value is -1.87. The molecule has 0 aliphatic heterocycles. The first-order chi connectivity index (χ1) is 10.8. The minimum absolute atomic E-state index is 0.123. The number of amides is 1. The summed E-state index contributed by atoms with van der Waals surface area (Å²) in [6.07, 6.45) is 1.26. The highest BCUT2D eigenvalue weighted by Crippen LogP contribution is 2.30. The van der Waals surface area contributed by atoms with Gasteiger partial charge in [-0.25, -0.2) is 26.9 Å². The second-order valence-corrected chi connectivity index (χ2v) is 5.52. The number of rotatable bonds is 4. The van der Waals surface area contributed by atoms with Crippen LogP contribution < -0.4 is 5.32 Å². The van der Waals surface area contributed by atoms with Gasteiger partial charge in [-0.2, -0.15) is 0 Å². The van der Waals surface area contributed by atoms with Crippen molar-refractivity contribution in [1.82, 2.24) is 4.98 Å². The Labute approximate surface area is 135 Å². The van der Waals surface area contributed by atoms with E-state index in [2.05, 4.69) is 10.3 Å². The molecule has 1 aromatic heterocycles. The quantitative estimate of drug-likeness (QED) is 0.381. The lowest BCUT2D eigenvalue weighted by Crippen LogP contribution is -2.15. The molecule has 0 aliphatic carbocycles. The van der Waals surface area contributed by atoms with Crippen molar-refractivity contribution in [1.29, 1.82) is 0 Å². The minimum atomic E-state index is -2.25. The Morgan fingerprint density at radius 3 is 2.13 bits per heavy atom. The van der Waals surface area contributed by atoms with Gasteiger partial charge in [-0.05, 0) is 12.1 Å². The molecule has 0 atom stereocenters. The van der Waals surface area contributed by atoms with Gasteiger partial charge in [0.25, 0.3) is 0 Å². The SMILES string of the molecule is O=C(CSc1c(F)c(F)c(F)c(F)c1F)Nc1ccc(Cl)cn1. The van der Waals surface area contributed by atoms with E-state index in [1.54, 1.807) is 0 Å². The third-order valence-electron chi connectivity index (χ3n) is 2.51. The van der Waals surface area contributed by atoms with Gasteiger partial charge in [0, 0.05) is 6.20 Å². The summed E-state index contributed by atoms with van der Waals surface area (Å²) in [7, 11) is 0. The number of pyridine rings is 1. The number of carbonyl (C=O) groups excluding carboxylic acids is 1. The highest BCUT2D eigenvalue weighted by atomic mass is 35.5. The first kappa shape index (κ1) is 17.5. The van der Waals surface area contributed by atoms with Gasteiger partial charge >= 0.3 is 0 Å². The molecular weight excluding hydrogens is 363 g/mol. The molecule has 0 saturated carbocycles. The molecule has 1 amide bonds. The number of hydrogen-bond donors (Lipinski definition) is 1. The number of carbonyl (C=O) groups is 1. The van der Waals surface area contributed by atoms with Crippen LogP contribution in [0.5, 0.6) is 0 Å². The number of nitrogens with one attached hydrogen (secondary N) is 1. The van der Waals surface area contributed by atoms with Crippen LogP contribution in [0, 0.1) is 29.1 Å². The zero-order chi connectivity index (χ0) is 17.1. The topological polar surface area (TPSA) is 42.0 Å². The summed E-state index contributed by atoms with van der Waals surface area (Å²) in [5.41, 5.74) is 0. The van der Waals surface area contributed by atoms with E-state index in [9.17, 15) is 26.7 Å². The van der Waals surface area contributed by atoms with Crippen LogP contribution in [0.25, 0.3) is 0 Å². The Morgan fingerprint density at radius 1 is 1.04 bits per heavy atom. The van der Waals surface area contributed by atoms with E-state index in [0.29, 0.717) is 5.02 Å². The van der Waals surface area contributed by atoms with E-state index in [0.717, 1.165) is 0 Å². The van der Waals surface area contributed by atoms with Crippen molar-refractivity contribution in [2.75, 3.05) is 11.1 Å². The fraction of sp³-hybridized carbons (Fsp3) is 0.0769. The summed E-state index contributed by atoms with van der Waals surface area (Å²) in [5, 5.41) is 2.62. The minimum Gasteiger partial charge on any atom is -0.310 e. The van der Waals surface area contributed by atoms with Crippen molar-refractivity contribution in [2.24, 2.45) is 0 Å². The number of halogens is 6. The lowest BCUT2D eigenvalue weighted by Gasteiger charge is -2.08. The van der Waals surface area contributed by atoms with E-state index in [4.69, 9.17) is 11.6 Å². The molecule has 10 heteroatoms. The zero-order valence-electron chi connectivity index (χ0n) is 11.0. The van der Waals surface area contributed by atoms with E-state index in [1.165, 1.54) is 18.3 Å². The van der Waals surface area contributed by atoms with Crippen molar-refractivity contribution < 1.29 is 26.7 Å². The van der Waals surface area contributed by atoms with Crippen molar-refractivity contribution in [2.45, 2.75) is 4.90 Å². The average molecular weight is 369 g/mol. The Morgan fingerprint density at radius 2 is 1.61 bits per heavy atom. The molecule has 1 heterocycles. The first-order valence-electron chi connectivity index (χ1n) is 5.87. The summed E-state index contributed by atoms with van der Waals surface area (Å²) in [4.78, 5) is 14.3. The first-order valence-corrected chi connectivity index (χ1v) is 7.23. The van der Waals surface area contributed by atoms with Gasteiger partial charge in [-0.15, -0.1) is 11.8 Å². The number of anilines is 1. The average Bonchev–Trinajstić information content (AvgIpc) is 2.53. The van der Waals surface area contributed by atoms with Crippen LogP contribution in [0.4, 0.5) is 27.8 Å². The highest BCUT2D eigenvalue weighted by molar-refractivity contribution is 8.00. The summed E-state index contributed by atoms with van der Waals surface area (Å²) in [6, 6.07) is 2.82. The predicted octanol–water partition coefficient (Wildman–Crippen LogP) is 4.16. The van der Waals surface area contributed by atoms with E-state index < -0.39 is 45.6 Å². The largest absolute Gasteiger partial charge is 0.310 e. The molecule has 0 aliphatic rings. The lowest BCUT2D eigenvalue weighted by molar-refractivity contribution is -0.113. The van der Waals surface area contributed by atoms with Gasteiger partial charge in [0.2, 0.25) is 11.7 Å². The molecule has 0 unspecified atom stereocenters.